The van der Waals surface area contributed by atoms with Gasteiger partial charge in [0.15, 0.2) is 0 Å². The van der Waals surface area contributed by atoms with Crippen LogP contribution in [-0.4, -0.2) is 16.1 Å². The molecule has 1 heterocycles. The number of benzene rings is 1. The number of ether oxygens (including phenoxy) is 1. The molecule has 1 aromatic heterocycles. The highest BCUT2D eigenvalue weighted by atomic mass is 19.4. The maximum Gasteiger partial charge on any atom is 0.573 e. The minimum atomic E-state index is -4.66. The Kier molecular flexibility index (Phi) is 2.79. The first-order valence-corrected chi connectivity index (χ1v) is 4.81. The van der Waals surface area contributed by atoms with E-state index in [9.17, 15) is 13.2 Å². The molecule has 1 aromatic carbocycles. The van der Waals surface area contributed by atoms with Crippen LogP contribution in [0.5, 0.6) is 5.75 Å². The van der Waals surface area contributed by atoms with Crippen molar-refractivity contribution >= 4 is 0 Å². The van der Waals surface area contributed by atoms with Gasteiger partial charge in [-0.05, 0) is 36.8 Å². The number of rotatable bonds is 2. The summed E-state index contributed by atoms with van der Waals surface area (Å²) in [5.74, 6) is -0.245. The van der Waals surface area contributed by atoms with Crippen molar-refractivity contribution in [2.45, 2.75) is 13.3 Å². The van der Waals surface area contributed by atoms with E-state index in [4.69, 9.17) is 0 Å². The summed E-state index contributed by atoms with van der Waals surface area (Å²) in [6, 6.07) is 5.51. The molecule has 0 aliphatic rings. The predicted octanol–water partition coefficient (Wildman–Crippen LogP) is 3.08. The Morgan fingerprint density at radius 1 is 1.18 bits per heavy atom. The van der Waals surface area contributed by atoms with Crippen LogP contribution in [-0.2, 0) is 0 Å². The second-order valence-corrected chi connectivity index (χ2v) is 3.50. The number of hydrogen-bond donors (Lipinski definition) is 0. The van der Waals surface area contributed by atoms with Gasteiger partial charge in [-0.25, -0.2) is 4.68 Å². The summed E-state index contributed by atoms with van der Waals surface area (Å²) in [5.41, 5.74) is 1.65. The van der Waals surface area contributed by atoms with Crippen LogP contribution >= 0.6 is 0 Å². The van der Waals surface area contributed by atoms with Crippen LogP contribution < -0.4 is 4.74 Å². The zero-order valence-electron chi connectivity index (χ0n) is 8.90. The Morgan fingerprint density at radius 2 is 1.82 bits per heavy atom. The zero-order valence-corrected chi connectivity index (χ0v) is 8.90. The van der Waals surface area contributed by atoms with Gasteiger partial charge >= 0.3 is 6.36 Å². The van der Waals surface area contributed by atoms with Gasteiger partial charge in [0.05, 0.1) is 11.9 Å². The van der Waals surface area contributed by atoms with Crippen molar-refractivity contribution in [2.75, 3.05) is 0 Å². The summed E-state index contributed by atoms with van der Waals surface area (Å²) in [6.07, 6.45) is -1.22. The largest absolute Gasteiger partial charge is 0.573 e. The van der Waals surface area contributed by atoms with Crippen LogP contribution in [0.3, 0.4) is 0 Å². The molecule has 2 rings (SSSR count). The van der Waals surface area contributed by atoms with Gasteiger partial charge in [-0.1, -0.05) is 0 Å². The van der Waals surface area contributed by atoms with E-state index >= 15 is 0 Å². The van der Waals surface area contributed by atoms with Crippen molar-refractivity contribution in [3.05, 3.63) is 42.2 Å². The molecule has 17 heavy (non-hydrogen) atoms. The monoisotopic (exact) mass is 242 g/mol. The third kappa shape index (κ3) is 2.99. The van der Waals surface area contributed by atoms with Gasteiger partial charge < -0.3 is 4.74 Å². The fourth-order valence-electron chi connectivity index (χ4n) is 1.35. The molecule has 0 aliphatic heterocycles. The maximum absolute atomic E-state index is 11.9. The quantitative estimate of drug-likeness (QED) is 0.809. The molecule has 0 amide bonds. The fraction of sp³-hybridized carbons (Fsp3) is 0.182. The minimum absolute atomic E-state index is 0.245. The summed E-state index contributed by atoms with van der Waals surface area (Å²) in [7, 11) is 0. The van der Waals surface area contributed by atoms with Crippen LogP contribution in [0, 0.1) is 6.92 Å². The summed E-state index contributed by atoms with van der Waals surface area (Å²) < 4.78 is 41.1. The van der Waals surface area contributed by atoms with Crippen molar-refractivity contribution in [1.29, 1.82) is 0 Å². The average Bonchev–Trinajstić information content (AvgIpc) is 2.63. The Bertz CT molecular complexity index is 502. The smallest absolute Gasteiger partial charge is 0.406 e. The lowest BCUT2D eigenvalue weighted by atomic mass is 10.3. The third-order valence-electron chi connectivity index (χ3n) is 2.05. The zero-order chi connectivity index (χ0) is 12.5. The van der Waals surface area contributed by atoms with Gasteiger partial charge in [-0.2, -0.15) is 5.10 Å². The van der Waals surface area contributed by atoms with Gasteiger partial charge in [0.25, 0.3) is 0 Å². The minimum Gasteiger partial charge on any atom is -0.406 e. The lowest BCUT2D eigenvalue weighted by Crippen LogP contribution is -2.17. The molecule has 3 nitrogen and oxygen atoms in total. The average molecular weight is 242 g/mol. The molecule has 0 bridgehead atoms. The van der Waals surface area contributed by atoms with Gasteiger partial charge in [0, 0.05) is 6.20 Å². The Hall–Kier alpha value is -1.98. The first kappa shape index (κ1) is 11.5. The standard InChI is InChI=1S/C11H9F3N2O/c1-8-6-15-16(7-8)9-2-4-10(5-3-9)17-11(12,13)14/h2-7H,1H3. The number of aromatic nitrogens is 2. The summed E-state index contributed by atoms with van der Waals surface area (Å²) in [4.78, 5) is 0. The Balaban J connectivity index is 2.19. The highest BCUT2D eigenvalue weighted by Gasteiger charge is 2.30. The highest BCUT2D eigenvalue weighted by molar-refractivity contribution is 5.37. The van der Waals surface area contributed by atoms with E-state index < -0.39 is 6.36 Å². The van der Waals surface area contributed by atoms with Crippen molar-refractivity contribution < 1.29 is 17.9 Å². The molecule has 2 aromatic rings. The van der Waals surface area contributed by atoms with Crippen LogP contribution in [0.15, 0.2) is 36.7 Å². The van der Waals surface area contributed by atoms with Crippen LogP contribution in [0.4, 0.5) is 13.2 Å². The second kappa shape index (κ2) is 4.12. The molecular weight excluding hydrogens is 233 g/mol. The summed E-state index contributed by atoms with van der Waals surface area (Å²) >= 11 is 0. The van der Waals surface area contributed by atoms with Crippen molar-refractivity contribution in [3.8, 4) is 11.4 Å². The molecule has 0 saturated heterocycles. The SMILES string of the molecule is Cc1cnn(-c2ccc(OC(F)(F)F)cc2)c1. The van der Waals surface area contributed by atoms with Crippen molar-refractivity contribution in [1.82, 2.24) is 9.78 Å². The normalized spacial score (nSPS) is 11.5. The Labute approximate surface area is 95.4 Å². The molecular formula is C11H9F3N2O. The first-order valence-electron chi connectivity index (χ1n) is 4.81. The third-order valence-corrected chi connectivity index (χ3v) is 2.05. The topological polar surface area (TPSA) is 27.1 Å². The van der Waals surface area contributed by atoms with Crippen LogP contribution in [0.25, 0.3) is 5.69 Å². The van der Waals surface area contributed by atoms with Crippen molar-refractivity contribution in [2.24, 2.45) is 0 Å². The first-order chi connectivity index (χ1) is 7.94. The lowest BCUT2D eigenvalue weighted by Gasteiger charge is -2.09. The Morgan fingerprint density at radius 3 is 2.29 bits per heavy atom. The molecule has 0 spiro atoms. The molecule has 0 fully saturated rings. The van der Waals surface area contributed by atoms with E-state index in [-0.39, 0.29) is 5.75 Å². The number of nitrogens with zero attached hydrogens (tertiary/aromatic N) is 2. The van der Waals surface area contributed by atoms with Crippen LogP contribution in [0.2, 0.25) is 0 Å². The fourth-order valence-corrected chi connectivity index (χ4v) is 1.35. The maximum atomic E-state index is 11.9. The summed E-state index contributed by atoms with van der Waals surface area (Å²) in [6.45, 7) is 1.88. The van der Waals surface area contributed by atoms with Gasteiger partial charge in [-0.15, -0.1) is 13.2 Å². The highest BCUT2D eigenvalue weighted by Crippen LogP contribution is 2.23. The molecule has 0 radical (unpaired) electrons. The molecule has 6 heteroatoms. The van der Waals surface area contributed by atoms with E-state index in [1.165, 1.54) is 24.3 Å². The van der Waals surface area contributed by atoms with Crippen LogP contribution in [0.1, 0.15) is 5.56 Å². The van der Waals surface area contributed by atoms with Gasteiger partial charge in [0.1, 0.15) is 5.75 Å². The lowest BCUT2D eigenvalue weighted by molar-refractivity contribution is -0.274. The van der Waals surface area contributed by atoms with Gasteiger partial charge in [0.2, 0.25) is 0 Å². The molecule has 0 saturated carbocycles. The number of halogens is 3. The van der Waals surface area contributed by atoms with E-state index in [0.29, 0.717) is 5.69 Å². The molecule has 90 valence electrons. The number of alkyl halides is 3. The summed E-state index contributed by atoms with van der Waals surface area (Å²) in [5, 5.41) is 4.04. The van der Waals surface area contributed by atoms with E-state index in [0.717, 1.165) is 5.56 Å². The second-order valence-electron chi connectivity index (χ2n) is 3.50. The molecule has 0 atom stereocenters. The van der Waals surface area contributed by atoms with E-state index in [1.54, 1.807) is 17.1 Å². The van der Waals surface area contributed by atoms with E-state index in [1.807, 2.05) is 6.92 Å². The number of hydrogen-bond acceptors (Lipinski definition) is 2. The van der Waals surface area contributed by atoms with E-state index in [2.05, 4.69) is 9.84 Å². The molecule has 0 N–H and O–H groups in total. The van der Waals surface area contributed by atoms with Gasteiger partial charge in [-0.3, -0.25) is 0 Å². The van der Waals surface area contributed by atoms with Crippen molar-refractivity contribution in [3.63, 3.8) is 0 Å². The molecule has 0 aliphatic carbocycles. The number of aryl methyl sites for hydroxylation is 1. The molecule has 0 unspecified atom stereocenters. The predicted molar refractivity (Wildman–Crippen MR) is 55.0 cm³/mol.